The fraction of sp³-hybridized carbons (Fsp3) is 0.786. The van der Waals surface area contributed by atoms with E-state index in [1.807, 2.05) is 20.2 Å². The van der Waals surface area contributed by atoms with Gasteiger partial charge in [0, 0.05) is 19.5 Å². The summed E-state index contributed by atoms with van der Waals surface area (Å²) in [5.74, 6) is 0.122. The predicted octanol–water partition coefficient (Wildman–Crippen LogP) is 2.58. The Morgan fingerprint density at radius 2 is 1.94 bits per heavy atom. The Bertz CT molecular complexity index is 212. The van der Waals surface area contributed by atoms with Crippen molar-refractivity contribution >= 4 is 5.91 Å². The largest absolute Gasteiger partial charge is 0.355 e. The summed E-state index contributed by atoms with van der Waals surface area (Å²) in [6, 6.07) is 0. The number of hydrogen-bond donors (Lipinski definition) is 1. The van der Waals surface area contributed by atoms with Crippen LogP contribution in [0.15, 0.2) is 12.2 Å². The number of nitrogens with zero attached hydrogens (tertiary/aromatic N) is 1. The molecule has 0 aliphatic heterocycles. The second-order valence-corrected chi connectivity index (χ2v) is 4.68. The molecule has 0 unspecified atom stereocenters. The quantitative estimate of drug-likeness (QED) is 0.470. The van der Waals surface area contributed by atoms with Gasteiger partial charge >= 0.3 is 0 Å². The molecule has 0 heterocycles. The number of allylic oxidation sites excluding steroid dienone is 1. The highest BCUT2D eigenvalue weighted by molar-refractivity contribution is 5.77. The van der Waals surface area contributed by atoms with Gasteiger partial charge in [0.25, 0.3) is 0 Å². The van der Waals surface area contributed by atoms with Crippen LogP contribution in [0.1, 0.15) is 45.4 Å². The molecule has 0 aromatic heterocycles. The van der Waals surface area contributed by atoms with E-state index in [2.05, 4.69) is 23.2 Å². The van der Waals surface area contributed by atoms with Crippen LogP contribution in [0.5, 0.6) is 0 Å². The van der Waals surface area contributed by atoms with Gasteiger partial charge in [-0.2, -0.15) is 0 Å². The molecule has 0 fully saturated rings. The van der Waals surface area contributed by atoms with E-state index in [1.165, 1.54) is 25.7 Å². The molecule has 0 saturated carbocycles. The van der Waals surface area contributed by atoms with Gasteiger partial charge in [0.05, 0.1) is 0 Å². The fourth-order valence-electron chi connectivity index (χ4n) is 1.49. The van der Waals surface area contributed by atoms with Gasteiger partial charge in [0.2, 0.25) is 5.91 Å². The Kier molecular flexibility index (Phi) is 11.1. The molecule has 0 spiro atoms. The van der Waals surface area contributed by atoms with Crippen LogP contribution in [0.4, 0.5) is 0 Å². The van der Waals surface area contributed by atoms with Crippen molar-refractivity contribution in [3.63, 3.8) is 0 Å². The van der Waals surface area contributed by atoms with Gasteiger partial charge < -0.3 is 10.2 Å². The zero-order valence-corrected chi connectivity index (χ0v) is 11.7. The third-order valence-electron chi connectivity index (χ3n) is 2.58. The van der Waals surface area contributed by atoms with Gasteiger partial charge in [-0.3, -0.25) is 4.79 Å². The lowest BCUT2D eigenvalue weighted by atomic mass is 10.1. The molecule has 0 aromatic rings. The molecule has 1 N–H and O–H groups in total. The number of rotatable bonds is 10. The van der Waals surface area contributed by atoms with E-state index in [0.717, 1.165) is 19.5 Å². The third-order valence-corrected chi connectivity index (χ3v) is 2.58. The van der Waals surface area contributed by atoms with Crippen molar-refractivity contribution in [1.29, 1.82) is 0 Å². The van der Waals surface area contributed by atoms with Crippen LogP contribution >= 0.6 is 0 Å². The molecule has 0 rings (SSSR count). The first kappa shape index (κ1) is 16.2. The van der Waals surface area contributed by atoms with Crippen molar-refractivity contribution in [2.75, 3.05) is 27.2 Å². The summed E-state index contributed by atoms with van der Waals surface area (Å²) in [6.45, 7) is 3.84. The average molecular weight is 240 g/mol. The van der Waals surface area contributed by atoms with Crippen LogP contribution < -0.4 is 5.32 Å². The summed E-state index contributed by atoms with van der Waals surface area (Å²) in [5, 5.41) is 2.89. The van der Waals surface area contributed by atoms with Crippen LogP contribution in [0.25, 0.3) is 0 Å². The molecule has 17 heavy (non-hydrogen) atoms. The lowest BCUT2D eigenvalue weighted by molar-refractivity contribution is -0.120. The van der Waals surface area contributed by atoms with Crippen molar-refractivity contribution in [3.8, 4) is 0 Å². The first-order chi connectivity index (χ1) is 8.16. The van der Waals surface area contributed by atoms with Gasteiger partial charge in [-0.05, 0) is 26.9 Å². The van der Waals surface area contributed by atoms with E-state index < -0.39 is 0 Å². The molecule has 0 radical (unpaired) electrons. The van der Waals surface area contributed by atoms with Gasteiger partial charge in [0.15, 0.2) is 0 Å². The Morgan fingerprint density at radius 1 is 1.18 bits per heavy atom. The topological polar surface area (TPSA) is 32.3 Å². The first-order valence-electron chi connectivity index (χ1n) is 6.73. The van der Waals surface area contributed by atoms with Crippen LogP contribution in [0, 0.1) is 0 Å². The van der Waals surface area contributed by atoms with Gasteiger partial charge in [0.1, 0.15) is 0 Å². The summed E-state index contributed by atoms with van der Waals surface area (Å²) in [7, 11) is 4.00. The maximum absolute atomic E-state index is 11.4. The summed E-state index contributed by atoms with van der Waals surface area (Å²) in [5.41, 5.74) is 0. The molecule has 0 aliphatic rings. The van der Waals surface area contributed by atoms with Gasteiger partial charge in [-0.1, -0.05) is 38.3 Å². The molecule has 100 valence electrons. The highest BCUT2D eigenvalue weighted by atomic mass is 16.1. The summed E-state index contributed by atoms with van der Waals surface area (Å²) >= 11 is 0. The van der Waals surface area contributed by atoms with E-state index >= 15 is 0 Å². The molecule has 0 atom stereocenters. The lowest BCUT2D eigenvalue weighted by Crippen LogP contribution is -2.30. The molecular weight excluding hydrogens is 212 g/mol. The standard InChI is InChI=1S/C14H28N2O/c1-4-5-6-7-8-9-10-11-14(17)15-12-13-16(2)3/h9-10H,4-8,11-13H2,1-3H3,(H,15,17)/b10-9+. The summed E-state index contributed by atoms with van der Waals surface area (Å²) < 4.78 is 0. The summed E-state index contributed by atoms with van der Waals surface area (Å²) in [4.78, 5) is 13.4. The lowest BCUT2D eigenvalue weighted by Gasteiger charge is -2.09. The van der Waals surface area contributed by atoms with Crippen molar-refractivity contribution in [2.45, 2.75) is 45.4 Å². The highest BCUT2D eigenvalue weighted by Crippen LogP contribution is 2.03. The highest BCUT2D eigenvalue weighted by Gasteiger charge is 1.97. The number of nitrogens with one attached hydrogen (secondary N) is 1. The minimum Gasteiger partial charge on any atom is -0.355 e. The zero-order chi connectivity index (χ0) is 12.9. The van der Waals surface area contributed by atoms with Crippen LogP contribution in [0.3, 0.4) is 0 Å². The SMILES string of the molecule is CCCCCC/C=C/CC(=O)NCCN(C)C. The first-order valence-corrected chi connectivity index (χ1v) is 6.73. The smallest absolute Gasteiger partial charge is 0.223 e. The molecule has 1 amide bonds. The molecule has 3 heteroatoms. The third kappa shape index (κ3) is 13.1. The Balaban J connectivity index is 3.33. The van der Waals surface area contributed by atoms with E-state index in [4.69, 9.17) is 0 Å². The van der Waals surface area contributed by atoms with E-state index in [-0.39, 0.29) is 5.91 Å². The predicted molar refractivity (Wildman–Crippen MR) is 74.1 cm³/mol. The number of hydrogen-bond acceptors (Lipinski definition) is 2. The maximum Gasteiger partial charge on any atom is 0.223 e. The van der Waals surface area contributed by atoms with Gasteiger partial charge in [-0.15, -0.1) is 0 Å². The second-order valence-electron chi connectivity index (χ2n) is 4.68. The molecular formula is C14H28N2O. The number of carbonyl (C=O) groups is 1. The second kappa shape index (κ2) is 11.6. The zero-order valence-electron chi connectivity index (χ0n) is 11.7. The van der Waals surface area contributed by atoms with E-state index in [1.54, 1.807) is 0 Å². The molecule has 3 nitrogen and oxygen atoms in total. The van der Waals surface area contributed by atoms with Crippen LogP contribution in [-0.4, -0.2) is 38.0 Å². The van der Waals surface area contributed by atoms with Gasteiger partial charge in [-0.25, -0.2) is 0 Å². The van der Waals surface area contributed by atoms with E-state index in [0.29, 0.717) is 6.42 Å². The number of unbranched alkanes of at least 4 members (excludes halogenated alkanes) is 4. The number of likely N-dealkylation sites (N-methyl/N-ethyl adjacent to an activating group) is 1. The fourth-order valence-corrected chi connectivity index (χ4v) is 1.49. The molecule has 0 aliphatic carbocycles. The summed E-state index contributed by atoms with van der Waals surface area (Å²) in [6.07, 6.45) is 10.9. The minimum absolute atomic E-state index is 0.122. The maximum atomic E-state index is 11.4. The Morgan fingerprint density at radius 3 is 2.59 bits per heavy atom. The van der Waals surface area contributed by atoms with Crippen LogP contribution in [0.2, 0.25) is 0 Å². The normalized spacial score (nSPS) is 11.3. The number of amides is 1. The molecule has 0 aromatic carbocycles. The minimum atomic E-state index is 0.122. The Labute approximate surface area is 106 Å². The molecule has 0 bridgehead atoms. The van der Waals surface area contributed by atoms with Crippen molar-refractivity contribution in [2.24, 2.45) is 0 Å². The average Bonchev–Trinajstić information content (AvgIpc) is 2.27. The van der Waals surface area contributed by atoms with Crippen LogP contribution in [-0.2, 0) is 4.79 Å². The number of carbonyl (C=O) groups excluding carboxylic acids is 1. The van der Waals surface area contributed by atoms with Crippen molar-refractivity contribution in [1.82, 2.24) is 10.2 Å². The van der Waals surface area contributed by atoms with Crippen molar-refractivity contribution < 1.29 is 4.79 Å². The Hall–Kier alpha value is -0.830. The monoisotopic (exact) mass is 240 g/mol. The molecule has 0 saturated heterocycles. The van der Waals surface area contributed by atoms with E-state index in [9.17, 15) is 4.79 Å². The van der Waals surface area contributed by atoms with Crippen molar-refractivity contribution in [3.05, 3.63) is 12.2 Å².